The van der Waals surface area contributed by atoms with Crippen LogP contribution in [0.5, 0.6) is 0 Å². The minimum atomic E-state index is -0.547. The number of carbonyl (C=O) groups excluding carboxylic acids is 1. The third kappa shape index (κ3) is 6.20. The molecule has 1 aliphatic rings. The van der Waals surface area contributed by atoms with E-state index in [1.807, 2.05) is 34.6 Å². The first-order valence-electron chi connectivity index (χ1n) is 7.67. The Labute approximate surface area is 127 Å². The van der Waals surface area contributed by atoms with Crippen LogP contribution in [0.3, 0.4) is 0 Å². The maximum absolute atomic E-state index is 12.2. The molecular formula is C15H29NO5. The second kappa shape index (κ2) is 7.96. The summed E-state index contributed by atoms with van der Waals surface area (Å²) in [5.41, 5.74) is -0.547. The van der Waals surface area contributed by atoms with Crippen molar-refractivity contribution in [2.24, 2.45) is 0 Å². The molecular weight excluding hydrogens is 274 g/mol. The predicted molar refractivity (Wildman–Crippen MR) is 79.0 cm³/mol. The second-order valence-corrected chi connectivity index (χ2v) is 6.25. The van der Waals surface area contributed by atoms with Crippen LogP contribution >= 0.6 is 0 Å². The number of rotatable bonds is 6. The average molecular weight is 303 g/mol. The number of hydrogen-bond donors (Lipinski definition) is 1. The summed E-state index contributed by atoms with van der Waals surface area (Å²) in [5.74, 6) is 0. The van der Waals surface area contributed by atoms with Gasteiger partial charge in [-0.05, 0) is 41.0 Å². The zero-order valence-corrected chi connectivity index (χ0v) is 13.8. The molecule has 1 N–H and O–H groups in total. The van der Waals surface area contributed by atoms with Gasteiger partial charge in [0, 0.05) is 25.7 Å². The summed E-state index contributed by atoms with van der Waals surface area (Å²) >= 11 is 0. The molecule has 0 bridgehead atoms. The van der Waals surface area contributed by atoms with Crippen LogP contribution < -0.4 is 0 Å². The van der Waals surface area contributed by atoms with E-state index in [1.54, 1.807) is 4.90 Å². The van der Waals surface area contributed by atoms with E-state index < -0.39 is 17.8 Å². The van der Waals surface area contributed by atoms with Gasteiger partial charge in [-0.2, -0.15) is 0 Å². The average Bonchev–Trinajstić information content (AvgIpc) is 2.69. The van der Waals surface area contributed by atoms with Gasteiger partial charge in [-0.15, -0.1) is 0 Å². The fourth-order valence-electron chi connectivity index (χ4n) is 2.44. The Bertz CT molecular complexity index is 323. The van der Waals surface area contributed by atoms with Gasteiger partial charge in [-0.1, -0.05) is 0 Å². The fourth-order valence-corrected chi connectivity index (χ4v) is 2.44. The fraction of sp³-hybridized carbons (Fsp3) is 0.933. The lowest BCUT2D eigenvalue weighted by Gasteiger charge is -2.30. The van der Waals surface area contributed by atoms with Crippen molar-refractivity contribution in [3.8, 4) is 0 Å². The molecule has 1 saturated heterocycles. The number of aliphatic hydroxyl groups is 1. The topological polar surface area (TPSA) is 68.2 Å². The summed E-state index contributed by atoms with van der Waals surface area (Å²) in [4.78, 5) is 13.8. The van der Waals surface area contributed by atoms with Gasteiger partial charge in [0.05, 0.1) is 12.6 Å². The maximum atomic E-state index is 12.2. The van der Waals surface area contributed by atoms with Crippen LogP contribution in [-0.2, 0) is 14.2 Å². The van der Waals surface area contributed by atoms with Gasteiger partial charge < -0.3 is 24.2 Å². The van der Waals surface area contributed by atoms with Gasteiger partial charge in [0.2, 0.25) is 0 Å². The summed E-state index contributed by atoms with van der Waals surface area (Å²) in [6.07, 6.45) is -0.212. The SMILES string of the molecule is CCOC(C[C@H]1C[C@H](O)CN1C(=O)OC(C)(C)C)OCC. The van der Waals surface area contributed by atoms with Crippen LogP contribution in [0.15, 0.2) is 0 Å². The Kier molecular flexibility index (Phi) is 6.90. The first-order chi connectivity index (χ1) is 9.76. The lowest BCUT2D eigenvalue weighted by atomic mass is 10.1. The number of carbonyl (C=O) groups is 1. The van der Waals surface area contributed by atoms with Gasteiger partial charge >= 0.3 is 6.09 Å². The molecule has 0 aromatic carbocycles. The smallest absolute Gasteiger partial charge is 0.410 e. The molecule has 2 atom stereocenters. The van der Waals surface area contributed by atoms with Crippen molar-refractivity contribution in [1.82, 2.24) is 4.90 Å². The first-order valence-corrected chi connectivity index (χ1v) is 7.67. The van der Waals surface area contributed by atoms with Crippen LogP contribution in [0.25, 0.3) is 0 Å². The normalized spacial score (nSPS) is 22.9. The molecule has 1 aliphatic heterocycles. The monoisotopic (exact) mass is 303 g/mol. The van der Waals surface area contributed by atoms with E-state index in [1.165, 1.54) is 0 Å². The van der Waals surface area contributed by atoms with Gasteiger partial charge in [0.15, 0.2) is 6.29 Å². The molecule has 1 amide bonds. The molecule has 1 rings (SSSR count). The zero-order chi connectivity index (χ0) is 16.0. The molecule has 124 valence electrons. The van der Waals surface area contributed by atoms with Gasteiger partial charge in [0.1, 0.15) is 5.60 Å². The van der Waals surface area contributed by atoms with Crippen molar-refractivity contribution < 1.29 is 24.1 Å². The quantitative estimate of drug-likeness (QED) is 0.761. The third-order valence-electron chi connectivity index (χ3n) is 3.19. The Morgan fingerprint density at radius 3 is 2.33 bits per heavy atom. The van der Waals surface area contributed by atoms with Crippen LogP contribution in [-0.4, -0.2) is 59.9 Å². The molecule has 0 aromatic heterocycles. The summed E-state index contributed by atoms with van der Waals surface area (Å²) in [6, 6.07) is -0.127. The molecule has 6 heteroatoms. The Balaban J connectivity index is 2.67. The highest BCUT2D eigenvalue weighted by molar-refractivity contribution is 5.69. The van der Waals surface area contributed by atoms with E-state index in [0.29, 0.717) is 32.6 Å². The van der Waals surface area contributed by atoms with Crippen molar-refractivity contribution in [3.05, 3.63) is 0 Å². The van der Waals surface area contributed by atoms with Crippen molar-refractivity contribution in [1.29, 1.82) is 0 Å². The zero-order valence-electron chi connectivity index (χ0n) is 13.8. The largest absolute Gasteiger partial charge is 0.444 e. The molecule has 21 heavy (non-hydrogen) atoms. The Morgan fingerprint density at radius 2 is 1.86 bits per heavy atom. The lowest BCUT2D eigenvalue weighted by Crippen LogP contribution is -2.42. The van der Waals surface area contributed by atoms with E-state index in [0.717, 1.165) is 0 Å². The minimum Gasteiger partial charge on any atom is -0.444 e. The summed E-state index contributed by atoms with van der Waals surface area (Å²) in [5, 5.41) is 9.86. The number of nitrogens with zero attached hydrogens (tertiary/aromatic N) is 1. The van der Waals surface area contributed by atoms with Gasteiger partial charge in [0.25, 0.3) is 0 Å². The predicted octanol–water partition coefficient (Wildman–Crippen LogP) is 2.15. The molecule has 0 spiro atoms. The van der Waals surface area contributed by atoms with Crippen LogP contribution in [0.1, 0.15) is 47.5 Å². The highest BCUT2D eigenvalue weighted by Gasteiger charge is 2.38. The molecule has 0 aromatic rings. The van der Waals surface area contributed by atoms with E-state index in [9.17, 15) is 9.90 Å². The second-order valence-electron chi connectivity index (χ2n) is 6.25. The Hall–Kier alpha value is -0.850. The van der Waals surface area contributed by atoms with E-state index in [2.05, 4.69) is 0 Å². The molecule has 6 nitrogen and oxygen atoms in total. The first kappa shape index (κ1) is 18.2. The molecule has 1 heterocycles. The summed E-state index contributed by atoms with van der Waals surface area (Å²) in [6.45, 7) is 10.7. The minimum absolute atomic E-state index is 0.127. The standard InChI is InChI=1S/C15H29NO5/c1-6-19-13(20-7-2)9-11-8-12(17)10-16(11)14(18)21-15(3,4)5/h11-13,17H,6-10H2,1-5H3/t11-,12+/m1/s1. The van der Waals surface area contributed by atoms with Crippen molar-refractivity contribution in [2.45, 2.75) is 71.5 Å². The van der Waals surface area contributed by atoms with Crippen molar-refractivity contribution in [2.75, 3.05) is 19.8 Å². The van der Waals surface area contributed by atoms with E-state index in [-0.39, 0.29) is 12.3 Å². The van der Waals surface area contributed by atoms with Crippen LogP contribution in [0.2, 0.25) is 0 Å². The van der Waals surface area contributed by atoms with E-state index in [4.69, 9.17) is 14.2 Å². The molecule has 0 unspecified atom stereocenters. The van der Waals surface area contributed by atoms with Crippen LogP contribution in [0, 0.1) is 0 Å². The van der Waals surface area contributed by atoms with Crippen molar-refractivity contribution >= 4 is 6.09 Å². The van der Waals surface area contributed by atoms with Crippen molar-refractivity contribution in [3.63, 3.8) is 0 Å². The van der Waals surface area contributed by atoms with Gasteiger partial charge in [-0.3, -0.25) is 0 Å². The highest BCUT2D eigenvalue weighted by Crippen LogP contribution is 2.25. The van der Waals surface area contributed by atoms with Gasteiger partial charge in [-0.25, -0.2) is 4.79 Å². The summed E-state index contributed by atoms with van der Waals surface area (Å²) < 4.78 is 16.4. The number of amides is 1. The summed E-state index contributed by atoms with van der Waals surface area (Å²) in [7, 11) is 0. The number of likely N-dealkylation sites (tertiary alicyclic amines) is 1. The molecule has 0 radical (unpaired) electrons. The number of hydrogen-bond acceptors (Lipinski definition) is 5. The molecule has 1 fully saturated rings. The van der Waals surface area contributed by atoms with Crippen LogP contribution in [0.4, 0.5) is 4.79 Å². The van der Waals surface area contributed by atoms with E-state index >= 15 is 0 Å². The number of aliphatic hydroxyl groups excluding tert-OH is 1. The lowest BCUT2D eigenvalue weighted by molar-refractivity contribution is -0.146. The Morgan fingerprint density at radius 1 is 1.29 bits per heavy atom. The molecule has 0 saturated carbocycles. The highest BCUT2D eigenvalue weighted by atomic mass is 16.7. The third-order valence-corrected chi connectivity index (χ3v) is 3.19. The maximum Gasteiger partial charge on any atom is 0.410 e. The number of β-amino-alcohol motifs (C(OH)–C–C–N with tert-alkyl or cyclic N) is 1. The molecule has 0 aliphatic carbocycles. The number of ether oxygens (including phenoxy) is 3.